The Balaban J connectivity index is 1.80. The first kappa shape index (κ1) is 14.5. The third-order valence-corrected chi connectivity index (χ3v) is 4.35. The second-order valence-corrected chi connectivity index (χ2v) is 5.77. The van der Waals surface area contributed by atoms with E-state index in [1.807, 2.05) is 11.7 Å². The van der Waals surface area contributed by atoms with E-state index in [1.54, 1.807) is 0 Å². The van der Waals surface area contributed by atoms with Gasteiger partial charge in [0.25, 0.3) is 0 Å². The number of nitrogens with one attached hydrogen (secondary N) is 1. The quantitative estimate of drug-likeness (QED) is 0.883. The van der Waals surface area contributed by atoms with Gasteiger partial charge in [-0.1, -0.05) is 6.92 Å². The highest BCUT2D eigenvalue weighted by Crippen LogP contribution is 2.14. The summed E-state index contributed by atoms with van der Waals surface area (Å²) in [6.07, 6.45) is 3.82. The molecule has 0 aromatic carbocycles. The first-order valence-electron chi connectivity index (χ1n) is 7.56. The molecule has 1 saturated heterocycles. The van der Waals surface area contributed by atoms with Crippen molar-refractivity contribution < 1.29 is 0 Å². The van der Waals surface area contributed by atoms with Crippen LogP contribution in [0.4, 0.5) is 0 Å². The largest absolute Gasteiger partial charge is 0.310 e. The highest BCUT2D eigenvalue weighted by molar-refractivity contribution is 5.24. The Bertz CT molecular complexity index is 403. The van der Waals surface area contributed by atoms with Crippen molar-refractivity contribution in [3.8, 4) is 0 Å². The lowest BCUT2D eigenvalue weighted by atomic mass is 10.0. The summed E-state index contributed by atoms with van der Waals surface area (Å²) in [6.45, 7) is 11.2. The first-order valence-corrected chi connectivity index (χ1v) is 7.56. The number of nitrogens with zero attached hydrogens (tertiary/aromatic N) is 3. The van der Waals surface area contributed by atoms with E-state index in [-0.39, 0.29) is 0 Å². The Labute approximate surface area is 117 Å². The molecule has 0 unspecified atom stereocenters. The van der Waals surface area contributed by atoms with Gasteiger partial charge in [0.1, 0.15) is 0 Å². The van der Waals surface area contributed by atoms with E-state index in [9.17, 15) is 0 Å². The molecule has 2 heterocycles. The van der Waals surface area contributed by atoms with Crippen LogP contribution in [0.15, 0.2) is 0 Å². The molecule has 0 radical (unpaired) electrons. The van der Waals surface area contributed by atoms with Crippen LogP contribution in [0.5, 0.6) is 0 Å². The molecule has 0 amide bonds. The van der Waals surface area contributed by atoms with E-state index in [2.05, 4.69) is 36.1 Å². The molecular weight excluding hydrogens is 236 g/mol. The second kappa shape index (κ2) is 6.53. The summed E-state index contributed by atoms with van der Waals surface area (Å²) in [4.78, 5) is 2.58. The molecule has 19 heavy (non-hydrogen) atoms. The molecule has 1 aliphatic heterocycles. The fourth-order valence-electron chi connectivity index (χ4n) is 3.00. The van der Waals surface area contributed by atoms with Gasteiger partial charge in [0.05, 0.1) is 5.69 Å². The predicted octanol–water partition coefficient (Wildman–Crippen LogP) is 2.00. The van der Waals surface area contributed by atoms with E-state index in [0.29, 0.717) is 6.04 Å². The van der Waals surface area contributed by atoms with E-state index in [0.717, 1.165) is 12.2 Å². The van der Waals surface area contributed by atoms with Crippen LogP contribution in [0.25, 0.3) is 0 Å². The minimum Gasteiger partial charge on any atom is -0.310 e. The number of hydrogen-bond donors (Lipinski definition) is 1. The minimum absolute atomic E-state index is 0.673. The van der Waals surface area contributed by atoms with Crippen LogP contribution < -0.4 is 5.32 Å². The molecule has 2 rings (SSSR count). The number of aromatic nitrogens is 2. The molecule has 0 aliphatic carbocycles. The number of hydrogen-bond acceptors (Lipinski definition) is 3. The predicted molar refractivity (Wildman–Crippen MR) is 79.3 cm³/mol. The summed E-state index contributed by atoms with van der Waals surface area (Å²) in [6, 6.07) is 0.673. The van der Waals surface area contributed by atoms with Crippen molar-refractivity contribution in [1.82, 2.24) is 20.0 Å². The molecule has 4 nitrogen and oxygen atoms in total. The molecule has 0 saturated carbocycles. The lowest BCUT2D eigenvalue weighted by Gasteiger charge is -2.32. The van der Waals surface area contributed by atoms with Crippen molar-refractivity contribution in [3.05, 3.63) is 17.0 Å². The van der Waals surface area contributed by atoms with Crippen LogP contribution in [0.2, 0.25) is 0 Å². The van der Waals surface area contributed by atoms with Crippen LogP contribution in [-0.4, -0.2) is 40.4 Å². The van der Waals surface area contributed by atoms with Crippen molar-refractivity contribution >= 4 is 0 Å². The van der Waals surface area contributed by atoms with Crippen molar-refractivity contribution in [1.29, 1.82) is 0 Å². The molecule has 1 N–H and O–H groups in total. The maximum atomic E-state index is 4.48. The van der Waals surface area contributed by atoms with Crippen LogP contribution in [0.1, 0.15) is 43.1 Å². The SMILES string of the molecule is CCCN1CCC(NCc2c(C)nn(C)c2C)CC1. The van der Waals surface area contributed by atoms with Gasteiger partial charge < -0.3 is 10.2 Å². The number of likely N-dealkylation sites (tertiary alicyclic amines) is 1. The van der Waals surface area contributed by atoms with Gasteiger partial charge in [-0.05, 0) is 52.7 Å². The summed E-state index contributed by atoms with van der Waals surface area (Å²) < 4.78 is 1.98. The van der Waals surface area contributed by atoms with E-state index >= 15 is 0 Å². The first-order chi connectivity index (χ1) is 9.11. The summed E-state index contributed by atoms with van der Waals surface area (Å²) in [7, 11) is 2.02. The van der Waals surface area contributed by atoms with Crippen molar-refractivity contribution in [3.63, 3.8) is 0 Å². The van der Waals surface area contributed by atoms with Crippen LogP contribution >= 0.6 is 0 Å². The summed E-state index contributed by atoms with van der Waals surface area (Å²) >= 11 is 0. The molecule has 1 aromatic rings. The molecular formula is C15H28N4. The van der Waals surface area contributed by atoms with Crippen molar-refractivity contribution in [2.75, 3.05) is 19.6 Å². The molecule has 108 valence electrons. The Hall–Kier alpha value is -0.870. The minimum atomic E-state index is 0.673. The van der Waals surface area contributed by atoms with Gasteiger partial charge in [-0.15, -0.1) is 0 Å². The van der Waals surface area contributed by atoms with Gasteiger partial charge in [0.15, 0.2) is 0 Å². The third kappa shape index (κ3) is 3.57. The van der Waals surface area contributed by atoms with Gasteiger partial charge in [0.2, 0.25) is 0 Å². The number of piperidine rings is 1. The zero-order valence-corrected chi connectivity index (χ0v) is 12.9. The average Bonchev–Trinajstić information content (AvgIpc) is 2.64. The molecule has 0 spiro atoms. The fourth-order valence-corrected chi connectivity index (χ4v) is 3.00. The number of aryl methyl sites for hydroxylation is 2. The van der Waals surface area contributed by atoms with Crippen molar-refractivity contribution in [2.45, 2.75) is 52.6 Å². The van der Waals surface area contributed by atoms with E-state index in [4.69, 9.17) is 0 Å². The summed E-state index contributed by atoms with van der Waals surface area (Å²) in [5.74, 6) is 0. The van der Waals surface area contributed by atoms with Gasteiger partial charge in [0, 0.05) is 30.9 Å². The maximum Gasteiger partial charge on any atom is 0.0641 e. The highest BCUT2D eigenvalue weighted by atomic mass is 15.3. The van der Waals surface area contributed by atoms with Gasteiger partial charge in [-0.3, -0.25) is 4.68 Å². The number of rotatable bonds is 5. The Morgan fingerprint density at radius 3 is 2.47 bits per heavy atom. The topological polar surface area (TPSA) is 33.1 Å². The monoisotopic (exact) mass is 264 g/mol. The molecule has 4 heteroatoms. The summed E-state index contributed by atoms with van der Waals surface area (Å²) in [5, 5.41) is 8.19. The van der Waals surface area contributed by atoms with E-state index < -0.39 is 0 Å². The zero-order chi connectivity index (χ0) is 13.8. The Morgan fingerprint density at radius 1 is 1.26 bits per heavy atom. The normalized spacial score (nSPS) is 18.1. The second-order valence-electron chi connectivity index (χ2n) is 5.77. The third-order valence-electron chi connectivity index (χ3n) is 4.35. The molecule has 1 aliphatic rings. The Morgan fingerprint density at radius 2 is 1.95 bits per heavy atom. The van der Waals surface area contributed by atoms with Gasteiger partial charge >= 0.3 is 0 Å². The van der Waals surface area contributed by atoms with Crippen LogP contribution in [0, 0.1) is 13.8 Å². The smallest absolute Gasteiger partial charge is 0.0641 e. The molecule has 1 aromatic heterocycles. The summed E-state index contributed by atoms with van der Waals surface area (Å²) in [5.41, 5.74) is 3.82. The van der Waals surface area contributed by atoms with Gasteiger partial charge in [-0.25, -0.2) is 0 Å². The molecule has 1 fully saturated rings. The zero-order valence-electron chi connectivity index (χ0n) is 12.9. The van der Waals surface area contributed by atoms with Gasteiger partial charge in [-0.2, -0.15) is 5.10 Å². The molecule has 0 bridgehead atoms. The lowest BCUT2D eigenvalue weighted by molar-refractivity contribution is 0.197. The Kier molecular flexibility index (Phi) is 4.99. The average molecular weight is 264 g/mol. The van der Waals surface area contributed by atoms with Crippen LogP contribution in [-0.2, 0) is 13.6 Å². The van der Waals surface area contributed by atoms with Crippen LogP contribution in [0.3, 0.4) is 0 Å². The standard InChI is InChI=1S/C15H28N4/c1-5-8-19-9-6-14(7-10-19)16-11-15-12(2)17-18(4)13(15)3/h14,16H,5-11H2,1-4H3. The van der Waals surface area contributed by atoms with E-state index in [1.165, 1.54) is 50.2 Å². The highest BCUT2D eigenvalue weighted by Gasteiger charge is 2.19. The maximum absolute atomic E-state index is 4.48. The van der Waals surface area contributed by atoms with Crippen molar-refractivity contribution in [2.24, 2.45) is 7.05 Å². The molecule has 0 atom stereocenters. The lowest BCUT2D eigenvalue weighted by Crippen LogP contribution is -2.42. The fraction of sp³-hybridized carbons (Fsp3) is 0.800.